The minimum absolute atomic E-state index is 0.0727. The number of amides is 1. The highest BCUT2D eigenvalue weighted by molar-refractivity contribution is 5.97. The Kier molecular flexibility index (Phi) is 3.95. The molecule has 1 aliphatic rings. The molecule has 0 saturated heterocycles. The fraction of sp³-hybridized carbons (Fsp3) is 0.250. The number of benzene rings is 2. The molecule has 2 heterocycles. The average Bonchev–Trinajstić information content (AvgIpc) is 2.67. The van der Waals surface area contributed by atoms with E-state index in [-0.39, 0.29) is 5.91 Å². The average molecular weight is 349 g/mol. The highest BCUT2D eigenvalue weighted by atomic mass is 16.2. The molecule has 0 radical (unpaired) electrons. The van der Waals surface area contributed by atoms with Gasteiger partial charge in [0.25, 0.3) is 5.91 Å². The molecule has 1 aromatic heterocycles. The van der Waals surface area contributed by atoms with Crippen LogP contribution in [0.25, 0.3) is 11.0 Å². The number of rotatable bonds is 2. The normalized spacial score (nSPS) is 13.7. The molecule has 0 fully saturated rings. The van der Waals surface area contributed by atoms with Gasteiger partial charge in [-0.3, -0.25) is 14.4 Å². The van der Waals surface area contributed by atoms with Crippen molar-refractivity contribution in [2.24, 2.45) is 0 Å². The van der Waals surface area contributed by atoms with E-state index in [9.17, 15) is 14.4 Å². The topological polar surface area (TPSA) is 75.2 Å². The number of H-pyrrole nitrogens is 1. The van der Waals surface area contributed by atoms with Gasteiger partial charge < -0.3 is 14.5 Å². The summed E-state index contributed by atoms with van der Waals surface area (Å²) < 4.78 is 1.42. The monoisotopic (exact) mass is 349 g/mol. The maximum absolute atomic E-state index is 12.9. The van der Waals surface area contributed by atoms with E-state index < -0.39 is 11.1 Å². The minimum atomic E-state index is -0.671. The number of aromatic nitrogens is 2. The van der Waals surface area contributed by atoms with E-state index in [0.29, 0.717) is 36.2 Å². The van der Waals surface area contributed by atoms with Gasteiger partial charge in [-0.1, -0.05) is 24.3 Å². The van der Waals surface area contributed by atoms with Crippen LogP contribution < -0.4 is 11.1 Å². The number of hydrogen-bond acceptors (Lipinski definition) is 3. The molecule has 1 amide bonds. The third-order valence-electron chi connectivity index (χ3n) is 4.96. The largest absolute Gasteiger partial charge is 0.334 e. The zero-order valence-electron chi connectivity index (χ0n) is 14.5. The van der Waals surface area contributed by atoms with Crippen molar-refractivity contribution in [3.05, 3.63) is 79.9 Å². The van der Waals surface area contributed by atoms with Gasteiger partial charge in [-0.05, 0) is 42.7 Å². The quantitative estimate of drug-likeness (QED) is 0.718. The molecule has 1 N–H and O–H groups in total. The van der Waals surface area contributed by atoms with E-state index in [1.54, 1.807) is 18.2 Å². The molecule has 132 valence electrons. The van der Waals surface area contributed by atoms with Crippen LogP contribution in [0.4, 0.5) is 0 Å². The van der Waals surface area contributed by atoms with Crippen LogP contribution in [0.3, 0.4) is 0 Å². The number of aromatic amines is 1. The van der Waals surface area contributed by atoms with Crippen molar-refractivity contribution < 1.29 is 4.79 Å². The lowest BCUT2D eigenvalue weighted by atomic mass is 9.99. The zero-order valence-corrected chi connectivity index (χ0v) is 14.5. The number of carbonyl (C=O) groups is 1. The summed E-state index contributed by atoms with van der Waals surface area (Å²) in [6.07, 6.45) is 0.835. The molecule has 0 bridgehead atoms. The Morgan fingerprint density at radius 3 is 2.65 bits per heavy atom. The van der Waals surface area contributed by atoms with Crippen LogP contribution in [-0.2, 0) is 19.5 Å². The first kappa shape index (κ1) is 16.3. The SMILES string of the molecule is CCn1c(=O)c(=O)[nH]c2cc(C(=O)N3CCc4ccccc4C3)ccc21. The van der Waals surface area contributed by atoms with E-state index in [2.05, 4.69) is 11.1 Å². The first-order valence-corrected chi connectivity index (χ1v) is 8.71. The van der Waals surface area contributed by atoms with Crippen molar-refractivity contribution in [2.75, 3.05) is 6.54 Å². The van der Waals surface area contributed by atoms with Crippen molar-refractivity contribution in [3.8, 4) is 0 Å². The van der Waals surface area contributed by atoms with Crippen LogP contribution in [0.2, 0.25) is 0 Å². The summed E-state index contributed by atoms with van der Waals surface area (Å²) in [5.41, 5.74) is 2.83. The number of nitrogens with zero attached hydrogens (tertiary/aromatic N) is 2. The van der Waals surface area contributed by atoms with Gasteiger partial charge in [-0.2, -0.15) is 0 Å². The summed E-state index contributed by atoms with van der Waals surface area (Å²) >= 11 is 0. The van der Waals surface area contributed by atoms with E-state index in [1.165, 1.54) is 15.7 Å². The molecule has 6 heteroatoms. The standard InChI is InChI=1S/C20H19N3O3/c1-2-23-17-8-7-14(11-16(17)21-18(24)20(23)26)19(25)22-10-9-13-5-3-4-6-15(13)12-22/h3-8,11H,2,9-10,12H2,1H3,(H,21,24). The van der Waals surface area contributed by atoms with Crippen molar-refractivity contribution >= 4 is 16.9 Å². The second-order valence-electron chi connectivity index (χ2n) is 6.48. The molecular formula is C20H19N3O3. The zero-order chi connectivity index (χ0) is 18.3. The van der Waals surface area contributed by atoms with Crippen molar-refractivity contribution in [1.82, 2.24) is 14.5 Å². The number of carbonyl (C=O) groups excluding carboxylic acids is 1. The first-order chi connectivity index (χ1) is 12.6. The molecular weight excluding hydrogens is 330 g/mol. The molecule has 6 nitrogen and oxygen atoms in total. The molecule has 0 atom stereocenters. The fourth-order valence-electron chi connectivity index (χ4n) is 3.58. The number of fused-ring (bicyclic) bond motifs is 2. The Bertz CT molecular complexity index is 1130. The summed E-state index contributed by atoms with van der Waals surface area (Å²) in [5.74, 6) is -0.0727. The Hall–Kier alpha value is -3.15. The lowest BCUT2D eigenvalue weighted by molar-refractivity contribution is 0.0735. The second kappa shape index (κ2) is 6.29. The first-order valence-electron chi connectivity index (χ1n) is 8.71. The smallest absolute Gasteiger partial charge is 0.316 e. The van der Waals surface area contributed by atoms with Crippen LogP contribution >= 0.6 is 0 Å². The van der Waals surface area contributed by atoms with Gasteiger partial charge in [-0.15, -0.1) is 0 Å². The maximum atomic E-state index is 12.9. The molecule has 0 aliphatic carbocycles. The van der Waals surface area contributed by atoms with Gasteiger partial charge in [0.15, 0.2) is 0 Å². The van der Waals surface area contributed by atoms with Crippen LogP contribution in [0.5, 0.6) is 0 Å². The highest BCUT2D eigenvalue weighted by Crippen LogP contribution is 2.21. The Balaban J connectivity index is 1.71. The number of aryl methyl sites for hydroxylation is 1. The molecule has 0 unspecified atom stereocenters. The van der Waals surface area contributed by atoms with E-state index in [0.717, 1.165) is 6.42 Å². The van der Waals surface area contributed by atoms with Crippen LogP contribution in [0.1, 0.15) is 28.4 Å². The van der Waals surface area contributed by atoms with Crippen LogP contribution in [0.15, 0.2) is 52.1 Å². The number of hydrogen-bond donors (Lipinski definition) is 1. The minimum Gasteiger partial charge on any atom is -0.334 e. The molecule has 0 saturated carbocycles. The summed E-state index contributed by atoms with van der Waals surface area (Å²) in [6.45, 7) is 3.46. The summed E-state index contributed by atoms with van der Waals surface area (Å²) in [4.78, 5) is 41.1. The van der Waals surface area contributed by atoms with E-state index in [1.807, 2.05) is 30.0 Å². The van der Waals surface area contributed by atoms with Gasteiger partial charge in [0.2, 0.25) is 0 Å². The van der Waals surface area contributed by atoms with Crippen molar-refractivity contribution in [1.29, 1.82) is 0 Å². The lowest BCUT2D eigenvalue weighted by Gasteiger charge is -2.29. The molecule has 2 aromatic carbocycles. The van der Waals surface area contributed by atoms with Gasteiger partial charge >= 0.3 is 11.1 Å². The predicted molar refractivity (Wildman–Crippen MR) is 99.4 cm³/mol. The molecule has 1 aliphatic heterocycles. The molecule has 0 spiro atoms. The second-order valence-corrected chi connectivity index (χ2v) is 6.48. The Morgan fingerprint density at radius 2 is 1.88 bits per heavy atom. The summed E-state index contributed by atoms with van der Waals surface area (Å²) in [5, 5.41) is 0. The summed E-state index contributed by atoms with van der Waals surface area (Å²) in [7, 11) is 0. The fourth-order valence-corrected chi connectivity index (χ4v) is 3.58. The van der Waals surface area contributed by atoms with Gasteiger partial charge in [-0.25, -0.2) is 0 Å². The van der Waals surface area contributed by atoms with Crippen LogP contribution in [0, 0.1) is 0 Å². The van der Waals surface area contributed by atoms with E-state index >= 15 is 0 Å². The summed E-state index contributed by atoms with van der Waals surface area (Å²) in [6, 6.07) is 13.2. The Morgan fingerprint density at radius 1 is 1.12 bits per heavy atom. The van der Waals surface area contributed by atoms with Crippen molar-refractivity contribution in [2.45, 2.75) is 26.4 Å². The molecule has 26 heavy (non-hydrogen) atoms. The van der Waals surface area contributed by atoms with Crippen LogP contribution in [-0.4, -0.2) is 26.9 Å². The lowest BCUT2D eigenvalue weighted by Crippen LogP contribution is -2.37. The Labute approximate surface area is 149 Å². The molecule has 3 aromatic rings. The molecule has 4 rings (SSSR count). The van der Waals surface area contributed by atoms with Gasteiger partial charge in [0, 0.05) is 25.2 Å². The van der Waals surface area contributed by atoms with Crippen molar-refractivity contribution in [3.63, 3.8) is 0 Å². The maximum Gasteiger partial charge on any atom is 0.316 e. The third kappa shape index (κ3) is 2.63. The van der Waals surface area contributed by atoms with E-state index in [4.69, 9.17) is 0 Å². The highest BCUT2D eigenvalue weighted by Gasteiger charge is 2.22. The predicted octanol–water partition coefficient (Wildman–Crippen LogP) is 1.91. The van der Waals surface area contributed by atoms with Gasteiger partial charge in [0.05, 0.1) is 11.0 Å². The number of nitrogens with one attached hydrogen (secondary N) is 1. The third-order valence-corrected chi connectivity index (χ3v) is 4.96. The van der Waals surface area contributed by atoms with Gasteiger partial charge in [0.1, 0.15) is 0 Å².